The highest BCUT2D eigenvalue weighted by Crippen LogP contribution is 2.14. The molecule has 1 aromatic carbocycles. The summed E-state index contributed by atoms with van der Waals surface area (Å²) in [4.78, 5) is 11.9. The summed E-state index contributed by atoms with van der Waals surface area (Å²) in [6.45, 7) is 7.97. The molecular weight excluding hydrogens is 286 g/mol. The van der Waals surface area contributed by atoms with Crippen molar-refractivity contribution in [2.24, 2.45) is 5.92 Å². The molecule has 128 valence electrons. The maximum absolute atomic E-state index is 11.9. The molecule has 1 atom stereocenters. The van der Waals surface area contributed by atoms with E-state index in [1.54, 1.807) is 6.08 Å². The van der Waals surface area contributed by atoms with Crippen molar-refractivity contribution in [2.45, 2.75) is 52.9 Å². The SMILES string of the molecule is CCCCC(CC)CNC(=O)/C=C/c1ccc(OCCC)cc1. The Morgan fingerprint density at radius 3 is 2.52 bits per heavy atom. The fraction of sp³-hybridized carbons (Fsp3) is 0.550. The summed E-state index contributed by atoms with van der Waals surface area (Å²) in [7, 11) is 0. The number of carbonyl (C=O) groups is 1. The Hall–Kier alpha value is -1.77. The van der Waals surface area contributed by atoms with Crippen molar-refractivity contribution in [2.75, 3.05) is 13.2 Å². The molecule has 3 nitrogen and oxygen atoms in total. The van der Waals surface area contributed by atoms with Crippen LogP contribution in [0.1, 0.15) is 58.4 Å². The van der Waals surface area contributed by atoms with Gasteiger partial charge in [-0.15, -0.1) is 0 Å². The number of amides is 1. The fourth-order valence-electron chi connectivity index (χ4n) is 2.31. The molecule has 0 aliphatic heterocycles. The van der Waals surface area contributed by atoms with Crippen LogP contribution in [0, 0.1) is 5.92 Å². The van der Waals surface area contributed by atoms with Gasteiger partial charge in [0.05, 0.1) is 6.61 Å². The number of benzene rings is 1. The minimum Gasteiger partial charge on any atom is -0.494 e. The van der Waals surface area contributed by atoms with Crippen molar-refractivity contribution >= 4 is 12.0 Å². The molecular formula is C20H31NO2. The molecule has 1 N–H and O–H groups in total. The van der Waals surface area contributed by atoms with Crippen molar-refractivity contribution < 1.29 is 9.53 Å². The molecule has 1 rings (SSSR count). The van der Waals surface area contributed by atoms with E-state index >= 15 is 0 Å². The van der Waals surface area contributed by atoms with E-state index in [2.05, 4.69) is 26.1 Å². The number of unbranched alkanes of at least 4 members (excludes halogenated alkanes) is 1. The Morgan fingerprint density at radius 2 is 1.91 bits per heavy atom. The van der Waals surface area contributed by atoms with E-state index in [9.17, 15) is 4.79 Å². The van der Waals surface area contributed by atoms with E-state index in [4.69, 9.17) is 4.74 Å². The van der Waals surface area contributed by atoms with Crippen LogP contribution < -0.4 is 10.1 Å². The van der Waals surface area contributed by atoms with E-state index in [1.165, 1.54) is 19.3 Å². The molecule has 0 saturated heterocycles. The van der Waals surface area contributed by atoms with Gasteiger partial charge >= 0.3 is 0 Å². The maximum Gasteiger partial charge on any atom is 0.244 e. The van der Waals surface area contributed by atoms with E-state index in [0.29, 0.717) is 5.92 Å². The zero-order chi connectivity index (χ0) is 16.9. The Balaban J connectivity index is 2.39. The monoisotopic (exact) mass is 317 g/mol. The summed E-state index contributed by atoms with van der Waals surface area (Å²) in [6, 6.07) is 7.80. The zero-order valence-electron chi connectivity index (χ0n) is 14.8. The lowest BCUT2D eigenvalue weighted by Gasteiger charge is -2.14. The Kier molecular flexibility index (Phi) is 9.85. The van der Waals surface area contributed by atoms with Crippen LogP contribution in [0.4, 0.5) is 0 Å². The molecule has 1 unspecified atom stereocenters. The molecule has 0 saturated carbocycles. The maximum atomic E-state index is 11.9. The molecule has 0 spiro atoms. The number of rotatable bonds is 11. The lowest BCUT2D eigenvalue weighted by molar-refractivity contribution is -0.116. The molecule has 3 heteroatoms. The highest BCUT2D eigenvalue weighted by Gasteiger charge is 2.06. The quantitative estimate of drug-likeness (QED) is 0.594. The van der Waals surface area contributed by atoms with Crippen LogP contribution in [0.15, 0.2) is 30.3 Å². The molecule has 0 aliphatic carbocycles. The largest absolute Gasteiger partial charge is 0.494 e. The van der Waals surface area contributed by atoms with Gasteiger partial charge in [-0.05, 0) is 42.5 Å². The van der Waals surface area contributed by atoms with E-state index in [0.717, 1.165) is 37.3 Å². The first-order valence-electron chi connectivity index (χ1n) is 8.88. The number of hydrogen-bond acceptors (Lipinski definition) is 2. The Labute approximate surface area is 141 Å². The van der Waals surface area contributed by atoms with Crippen LogP contribution in [0.25, 0.3) is 6.08 Å². The average molecular weight is 317 g/mol. The van der Waals surface area contributed by atoms with Gasteiger partial charge < -0.3 is 10.1 Å². The number of carbonyl (C=O) groups excluding carboxylic acids is 1. The van der Waals surface area contributed by atoms with E-state index in [1.807, 2.05) is 30.3 Å². The van der Waals surface area contributed by atoms with Gasteiger partial charge in [-0.3, -0.25) is 4.79 Å². The van der Waals surface area contributed by atoms with Gasteiger partial charge in [-0.1, -0.05) is 52.2 Å². The summed E-state index contributed by atoms with van der Waals surface area (Å²) in [5.74, 6) is 1.43. The predicted molar refractivity (Wildman–Crippen MR) is 97.6 cm³/mol. The standard InChI is InChI=1S/C20H31NO2/c1-4-7-8-17(6-3)16-21-20(22)14-11-18-9-12-19(13-10-18)23-15-5-2/h9-14,17H,4-8,15-16H2,1-3H3,(H,21,22)/b14-11+. The van der Waals surface area contributed by atoms with Crippen molar-refractivity contribution in [1.29, 1.82) is 0 Å². The number of hydrogen-bond donors (Lipinski definition) is 1. The van der Waals surface area contributed by atoms with Crippen molar-refractivity contribution in [3.8, 4) is 5.75 Å². The molecule has 0 bridgehead atoms. The summed E-state index contributed by atoms with van der Waals surface area (Å²) in [6.07, 6.45) is 9.19. The van der Waals surface area contributed by atoms with Gasteiger partial charge in [0.15, 0.2) is 0 Å². The van der Waals surface area contributed by atoms with Crippen LogP contribution in [0.3, 0.4) is 0 Å². The van der Waals surface area contributed by atoms with Gasteiger partial charge in [0.2, 0.25) is 5.91 Å². The summed E-state index contributed by atoms with van der Waals surface area (Å²) in [5, 5.41) is 3.00. The third kappa shape index (κ3) is 8.44. The minimum absolute atomic E-state index is 0.0220. The van der Waals surface area contributed by atoms with Crippen LogP contribution in [-0.2, 0) is 4.79 Å². The second-order valence-corrected chi connectivity index (χ2v) is 5.91. The highest BCUT2D eigenvalue weighted by molar-refractivity contribution is 5.91. The molecule has 0 aromatic heterocycles. The van der Waals surface area contributed by atoms with Crippen LogP contribution in [-0.4, -0.2) is 19.1 Å². The van der Waals surface area contributed by atoms with E-state index < -0.39 is 0 Å². The smallest absolute Gasteiger partial charge is 0.244 e. The highest BCUT2D eigenvalue weighted by atomic mass is 16.5. The second kappa shape index (κ2) is 11.8. The number of ether oxygens (including phenoxy) is 1. The third-order valence-electron chi connectivity index (χ3n) is 3.89. The summed E-state index contributed by atoms with van der Waals surface area (Å²) in [5.41, 5.74) is 1.00. The first-order chi connectivity index (χ1) is 11.2. The molecule has 0 fully saturated rings. The Bertz CT molecular complexity index is 465. The number of nitrogens with one attached hydrogen (secondary N) is 1. The van der Waals surface area contributed by atoms with Gasteiger partial charge in [0.25, 0.3) is 0 Å². The van der Waals surface area contributed by atoms with Gasteiger partial charge in [0, 0.05) is 12.6 Å². The van der Waals surface area contributed by atoms with Crippen LogP contribution >= 0.6 is 0 Å². The van der Waals surface area contributed by atoms with E-state index in [-0.39, 0.29) is 5.91 Å². The summed E-state index contributed by atoms with van der Waals surface area (Å²) >= 11 is 0. The zero-order valence-corrected chi connectivity index (χ0v) is 14.8. The Morgan fingerprint density at radius 1 is 1.17 bits per heavy atom. The molecule has 1 aromatic rings. The van der Waals surface area contributed by atoms with Crippen molar-refractivity contribution in [3.05, 3.63) is 35.9 Å². The van der Waals surface area contributed by atoms with Gasteiger partial charge in [-0.2, -0.15) is 0 Å². The van der Waals surface area contributed by atoms with Gasteiger partial charge in [0.1, 0.15) is 5.75 Å². The average Bonchev–Trinajstić information content (AvgIpc) is 2.59. The molecule has 0 radical (unpaired) electrons. The van der Waals surface area contributed by atoms with Gasteiger partial charge in [-0.25, -0.2) is 0 Å². The fourth-order valence-corrected chi connectivity index (χ4v) is 2.31. The second-order valence-electron chi connectivity index (χ2n) is 5.91. The molecule has 0 aliphatic rings. The first-order valence-corrected chi connectivity index (χ1v) is 8.88. The topological polar surface area (TPSA) is 38.3 Å². The minimum atomic E-state index is -0.0220. The van der Waals surface area contributed by atoms with Crippen molar-refractivity contribution in [1.82, 2.24) is 5.32 Å². The van der Waals surface area contributed by atoms with Crippen molar-refractivity contribution in [3.63, 3.8) is 0 Å². The first kappa shape index (κ1) is 19.3. The molecule has 1 amide bonds. The lowest BCUT2D eigenvalue weighted by Crippen LogP contribution is -2.27. The molecule has 0 heterocycles. The van der Waals surface area contributed by atoms with Crippen LogP contribution in [0.2, 0.25) is 0 Å². The summed E-state index contributed by atoms with van der Waals surface area (Å²) < 4.78 is 5.54. The van der Waals surface area contributed by atoms with Crippen LogP contribution in [0.5, 0.6) is 5.75 Å². The third-order valence-corrected chi connectivity index (χ3v) is 3.89. The normalized spacial score (nSPS) is 12.3. The predicted octanol–water partition coefficient (Wildman–Crippen LogP) is 4.82. The lowest BCUT2D eigenvalue weighted by atomic mass is 9.99. The molecule has 23 heavy (non-hydrogen) atoms.